The fraction of sp³-hybridized carbons (Fsp3) is 0.450. The SMILES string of the molecule is C[C@H]1C[C@H](C)CN(Cc2csc(NC(=O)CNC(=O)c3ccc(Cl)cc3Cl)n2)C1. The summed E-state index contributed by atoms with van der Waals surface area (Å²) < 4.78 is 0. The van der Waals surface area contributed by atoms with Crippen molar-refractivity contribution < 1.29 is 9.59 Å². The fourth-order valence-corrected chi connectivity index (χ4v) is 4.89. The van der Waals surface area contributed by atoms with Crippen molar-refractivity contribution in [2.45, 2.75) is 26.8 Å². The molecule has 0 spiro atoms. The predicted octanol–water partition coefficient (Wildman–Crippen LogP) is 4.30. The van der Waals surface area contributed by atoms with Crippen molar-refractivity contribution >= 4 is 51.5 Å². The molecule has 1 saturated heterocycles. The van der Waals surface area contributed by atoms with Crippen molar-refractivity contribution in [1.29, 1.82) is 0 Å². The monoisotopic (exact) mass is 454 g/mol. The molecule has 9 heteroatoms. The first-order valence-electron chi connectivity index (χ1n) is 9.50. The summed E-state index contributed by atoms with van der Waals surface area (Å²) in [6, 6.07) is 4.58. The minimum absolute atomic E-state index is 0.173. The van der Waals surface area contributed by atoms with Gasteiger partial charge < -0.3 is 10.6 Å². The molecule has 1 fully saturated rings. The number of nitrogens with zero attached hydrogens (tertiary/aromatic N) is 2. The summed E-state index contributed by atoms with van der Waals surface area (Å²) in [5, 5.41) is 8.45. The van der Waals surface area contributed by atoms with Crippen molar-refractivity contribution in [3.05, 3.63) is 44.9 Å². The normalized spacial score (nSPS) is 19.7. The number of thiazole rings is 1. The van der Waals surface area contributed by atoms with E-state index in [1.807, 2.05) is 5.38 Å². The Labute approximate surface area is 184 Å². The summed E-state index contributed by atoms with van der Waals surface area (Å²) in [6.07, 6.45) is 1.27. The van der Waals surface area contributed by atoms with Gasteiger partial charge in [0.1, 0.15) is 0 Å². The van der Waals surface area contributed by atoms with Crippen molar-refractivity contribution in [2.75, 3.05) is 25.0 Å². The van der Waals surface area contributed by atoms with E-state index in [4.69, 9.17) is 23.2 Å². The number of aromatic nitrogens is 1. The van der Waals surface area contributed by atoms with Gasteiger partial charge in [-0.25, -0.2) is 4.98 Å². The second-order valence-corrected chi connectivity index (χ2v) is 9.34. The number of nitrogens with one attached hydrogen (secondary N) is 2. The van der Waals surface area contributed by atoms with Gasteiger partial charge in [0.05, 0.1) is 22.8 Å². The molecule has 0 radical (unpaired) electrons. The Morgan fingerprint density at radius 3 is 2.66 bits per heavy atom. The van der Waals surface area contributed by atoms with Crippen LogP contribution in [0.2, 0.25) is 10.0 Å². The van der Waals surface area contributed by atoms with Crippen LogP contribution in [0.1, 0.15) is 36.3 Å². The number of carbonyl (C=O) groups excluding carboxylic acids is 2. The molecule has 6 nitrogen and oxygen atoms in total. The van der Waals surface area contributed by atoms with Crippen LogP contribution >= 0.6 is 34.5 Å². The predicted molar refractivity (Wildman–Crippen MR) is 118 cm³/mol. The molecule has 1 aliphatic heterocycles. The van der Waals surface area contributed by atoms with E-state index in [1.165, 1.54) is 29.9 Å². The summed E-state index contributed by atoms with van der Waals surface area (Å²) in [5.41, 5.74) is 1.22. The van der Waals surface area contributed by atoms with Crippen LogP contribution in [0.4, 0.5) is 5.13 Å². The van der Waals surface area contributed by atoms with E-state index < -0.39 is 5.91 Å². The van der Waals surface area contributed by atoms with Crippen LogP contribution in [0.15, 0.2) is 23.6 Å². The maximum Gasteiger partial charge on any atom is 0.253 e. The first kappa shape index (κ1) is 22.0. The van der Waals surface area contributed by atoms with Gasteiger partial charge in [-0.15, -0.1) is 11.3 Å². The number of anilines is 1. The molecule has 2 atom stereocenters. The molecule has 2 heterocycles. The Morgan fingerprint density at radius 2 is 1.97 bits per heavy atom. The number of hydrogen-bond acceptors (Lipinski definition) is 5. The number of piperidine rings is 1. The van der Waals surface area contributed by atoms with E-state index in [-0.39, 0.29) is 23.0 Å². The molecule has 2 amide bonds. The lowest BCUT2D eigenvalue weighted by atomic mass is 9.92. The summed E-state index contributed by atoms with van der Waals surface area (Å²) in [4.78, 5) is 31.2. The van der Waals surface area contributed by atoms with Gasteiger partial charge in [-0.3, -0.25) is 14.5 Å². The van der Waals surface area contributed by atoms with E-state index in [9.17, 15) is 9.59 Å². The van der Waals surface area contributed by atoms with Gasteiger partial charge in [0.15, 0.2) is 5.13 Å². The lowest BCUT2D eigenvalue weighted by Crippen LogP contribution is -2.38. The number of hydrogen-bond donors (Lipinski definition) is 2. The van der Waals surface area contributed by atoms with Gasteiger partial charge in [0, 0.05) is 30.0 Å². The summed E-state index contributed by atoms with van der Waals surface area (Å²) in [6.45, 7) is 7.31. The molecule has 1 aromatic heterocycles. The third-order valence-electron chi connectivity index (χ3n) is 4.71. The number of rotatable bonds is 6. The third-order valence-corrected chi connectivity index (χ3v) is 6.07. The lowest BCUT2D eigenvalue weighted by molar-refractivity contribution is -0.115. The highest BCUT2D eigenvalue weighted by atomic mass is 35.5. The number of amides is 2. The van der Waals surface area contributed by atoms with E-state index in [1.54, 1.807) is 6.07 Å². The molecular weight excluding hydrogens is 431 g/mol. The average molecular weight is 455 g/mol. The zero-order chi connectivity index (χ0) is 21.0. The van der Waals surface area contributed by atoms with Crippen molar-refractivity contribution in [3.8, 4) is 0 Å². The summed E-state index contributed by atoms with van der Waals surface area (Å²) in [7, 11) is 0. The van der Waals surface area contributed by atoms with Gasteiger partial charge in [-0.05, 0) is 36.5 Å². The Bertz CT molecular complexity index is 879. The molecule has 0 saturated carbocycles. The first-order chi connectivity index (χ1) is 13.8. The van der Waals surface area contributed by atoms with Crippen LogP contribution in [0.5, 0.6) is 0 Å². The molecule has 2 aromatic rings. The minimum Gasteiger partial charge on any atom is -0.343 e. The van der Waals surface area contributed by atoms with E-state index in [0.29, 0.717) is 22.0 Å². The molecule has 3 rings (SSSR count). The van der Waals surface area contributed by atoms with Crippen molar-refractivity contribution in [1.82, 2.24) is 15.2 Å². The zero-order valence-electron chi connectivity index (χ0n) is 16.4. The summed E-state index contributed by atoms with van der Waals surface area (Å²) >= 11 is 13.2. The van der Waals surface area contributed by atoms with Crippen LogP contribution in [0.25, 0.3) is 0 Å². The number of benzene rings is 1. The Hall–Kier alpha value is -1.67. The molecule has 0 aliphatic carbocycles. The quantitative estimate of drug-likeness (QED) is 0.682. The number of carbonyl (C=O) groups is 2. The van der Waals surface area contributed by atoms with Crippen LogP contribution < -0.4 is 10.6 Å². The molecule has 29 heavy (non-hydrogen) atoms. The molecule has 1 aliphatic rings. The van der Waals surface area contributed by atoms with Crippen LogP contribution in [0.3, 0.4) is 0 Å². The Morgan fingerprint density at radius 1 is 1.24 bits per heavy atom. The Balaban J connectivity index is 1.48. The standard InChI is InChI=1S/C20H24Cl2N4O2S/c1-12-5-13(2)9-26(8-12)10-15-11-29-20(24-15)25-18(27)7-23-19(28)16-4-3-14(21)6-17(16)22/h3-4,6,11-13H,5,7-10H2,1-2H3,(H,23,28)(H,24,25,27)/t12-,13-/m0/s1. The largest absolute Gasteiger partial charge is 0.343 e. The van der Waals surface area contributed by atoms with Gasteiger partial charge in [0.2, 0.25) is 5.91 Å². The molecule has 156 valence electrons. The second-order valence-electron chi connectivity index (χ2n) is 7.64. The van der Waals surface area contributed by atoms with Gasteiger partial charge in [-0.2, -0.15) is 0 Å². The molecular formula is C20H24Cl2N4O2S. The van der Waals surface area contributed by atoms with E-state index in [0.717, 1.165) is 25.3 Å². The molecule has 0 unspecified atom stereocenters. The number of halogens is 2. The molecule has 2 N–H and O–H groups in total. The highest BCUT2D eigenvalue weighted by molar-refractivity contribution is 7.13. The van der Waals surface area contributed by atoms with Crippen LogP contribution in [0, 0.1) is 11.8 Å². The topological polar surface area (TPSA) is 74.3 Å². The van der Waals surface area contributed by atoms with Crippen LogP contribution in [-0.2, 0) is 11.3 Å². The van der Waals surface area contributed by atoms with Gasteiger partial charge >= 0.3 is 0 Å². The maximum atomic E-state index is 12.2. The highest BCUT2D eigenvalue weighted by Crippen LogP contribution is 2.24. The molecule has 0 bridgehead atoms. The van der Waals surface area contributed by atoms with Gasteiger partial charge in [-0.1, -0.05) is 37.0 Å². The van der Waals surface area contributed by atoms with Crippen molar-refractivity contribution in [2.24, 2.45) is 11.8 Å². The first-order valence-corrected chi connectivity index (χ1v) is 11.1. The molecule has 1 aromatic carbocycles. The van der Waals surface area contributed by atoms with Crippen LogP contribution in [-0.4, -0.2) is 41.3 Å². The maximum absolute atomic E-state index is 12.2. The fourth-order valence-electron chi connectivity index (χ4n) is 3.68. The van der Waals surface area contributed by atoms with E-state index >= 15 is 0 Å². The van der Waals surface area contributed by atoms with Gasteiger partial charge in [0.25, 0.3) is 5.91 Å². The third kappa shape index (κ3) is 6.40. The summed E-state index contributed by atoms with van der Waals surface area (Å²) in [5.74, 6) is 0.600. The minimum atomic E-state index is -0.435. The number of likely N-dealkylation sites (tertiary alicyclic amines) is 1. The second kappa shape index (κ2) is 9.89. The highest BCUT2D eigenvalue weighted by Gasteiger charge is 2.22. The zero-order valence-corrected chi connectivity index (χ0v) is 18.7. The van der Waals surface area contributed by atoms with Crippen molar-refractivity contribution in [3.63, 3.8) is 0 Å². The Kier molecular flexibility index (Phi) is 7.51. The van der Waals surface area contributed by atoms with E-state index in [2.05, 4.69) is 34.4 Å². The lowest BCUT2D eigenvalue weighted by Gasteiger charge is -2.34. The average Bonchev–Trinajstić information content (AvgIpc) is 3.05. The smallest absolute Gasteiger partial charge is 0.253 e.